The van der Waals surface area contributed by atoms with Gasteiger partial charge in [-0.25, -0.2) is 0 Å². The van der Waals surface area contributed by atoms with Crippen LogP contribution in [-0.2, 0) is 4.74 Å². The summed E-state index contributed by atoms with van der Waals surface area (Å²) in [4.78, 5) is 15.0. The largest absolute Gasteiger partial charge is 0.380 e. The van der Waals surface area contributed by atoms with Crippen molar-refractivity contribution in [1.29, 1.82) is 0 Å². The predicted octanol–water partition coefficient (Wildman–Crippen LogP) is 3.39. The Bertz CT molecular complexity index is 706. The van der Waals surface area contributed by atoms with Crippen LogP contribution in [0.2, 0.25) is 0 Å². The summed E-state index contributed by atoms with van der Waals surface area (Å²) in [6.45, 7) is 6.38. The minimum absolute atomic E-state index is 0.196. The van der Waals surface area contributed by atoms with Gasteiger partial charge in [0.15, 0.2) is 5.78 Å². The summed E-state index contributed by atoms with van der Waals surface area (Å²) in [6.07, 6.45) is 2.43. The molecule has 1 aromatic carbocycles. The molecule has 1 aliphatic heterocycles. The second-order valence-corrected chi connectivity index (χ2v) is 6.61. The van der Waals surface area contributed by atoms with E-state index in [-0.39, 0.29) is 11.9 Å². The van der Waals surface area contributed by atoms with Crippen LogP contribution < -0.4 is 0 Å². The van der Waals surface area contributed by atoms with Crippen molar-refractivity contribution in [2.75, 3.05) is 26.7 Å². The van der Waals surface area contributed by atoms with Crippen LogP contribution in [0.5, 0.6) is 0 Å². The molecular formula is C20H26N2O2. The number of nitrogens with zero attached hydrogens (tertiary/aromatic N) is 2. The molecule has 4 nitrogen and oxygen atoms in total. The molecule has 1 atom stereocenters. The molecule has 0 aliphatic carbocycles. The van der Waals surface area contributed by atoms with Crippen LogP contribution in [0, 0.1) is 13.8 Å². The molecule has 3 rings (SSSR count). The molecule has 128 valence electrons. The molecule has 0 radical (unpaired) electrons. The van der Waals surface area contributed by atoms with Gasteiger partial charge in [0.05, 0.1) is 12.6 Å². The van der Waals surface area contributed by atoms with E-state index < -0.39 is 0 Å². The molecule has 1 unspecified atom stereocenters. The third-order valence-electron chi connectivity index (χ3n) is 4.91. The Morgan fingerprint density at radius 1 is 1.25 bits per heavy atom. The Morgan fingerprint density at radius 2 is 2.00 bits per heavy atom. The summed E-state index contributed by atoms with van der Waals surface area (Å²) in [5, 5.41) is 0. The zero-order chi connectivity index (χ0) is 17.1. The molecule has 0 saturated carbocycles. The number of carbonyl (C=O) groups is 1. The van der Waals surface area contributed by atoms with Gasteiger partial charge in [0, 0.05) is 36.3 Å². The second kappa shape index (κ2) is 7.32. The molecule has 1 fully saturated rings. The Labute approximate surface area is 144 Å². The average Bonchev–Trinajstić information content (AvgIpc) is 2.90. The van der Waals surface area contributed by atoms with Crippen LogP contribution >= 0.6 is 0 Å². The Morgan fingerprint density at radius 3 is 2.71 bits per heavy atom. The minimum atomic E-state index is 0.196. The summed E-state index contributed by atoms with van der Waals surface area (Å²) >= 11 is 0. The van der Waals surface area contributed by atoms with Gasteiger partial charge in [-0.3, -0.25) is 9.69 Å². The van der Waals surface area contributed by atoms with Crippen molar-refractivity contribution in [2.24, 2.45) is 0 Å². The standard InChI is InChI=1S/C20H26N2O2/c1-15-12-19(16(2)22(15)17-8-5-4-6-9-17)20(23)14-21-11-7-10-18(13-21)24-3/h4-6,8-9,12,18H,7,10-11,13-14H2,1-3H3. The monoisotopic (exact) mass is 326 g/mol. The van der Waals surface area contributed by atoms with E-state index in [0.717, 1.165) is 48.6 Å². The van der Waals surface area contributed by atoms with E-state index in [1.54, 1.807) is 7.11 Å². The van der Waals surface area contributed by atoms with E-state index in [4.69, 9.17) is 4.74 Å². The molecule has 24 heavy (non-hydrogen) atoms. The number of hydrogen-bond acceptors (Lipinski definition) is 3. The maximum Gasteiger partial charge on any atom is 0.178 e. The van der Waals surface area contributed by atoms with Crippen LogP contribution in [0.3, 0.4) is 0 Å². The summed E-state index contributed by atoms with van der Waals surface area (Å²) < 4.78 is 7.61. The van der Waals surface area contributed by atoms with E-state index in [1.807, 2.05) is 31.2 Å². The normalized spacial score (nSPS) is 18.7. The second-order valence-electron chi connectivity index (χ2n) is 6.61. The topological polar surface area (TPSA) is 34.5 Å². The molecule has 1 saturated heterocycles. The lowest BCUT2D eigenvalue weighted by Crippen LogP contribution is -2.41. The van der Waals surface area contributed by atoms with Crippen molar-refractivity contribution < 1.29 is 9.53 Å². The average molecular weight is 326 g/mol. The number of rotatable bonds is 5. The smallest absolute Gasteiger partial charge is 0.178 e. The molecule has 1 aromatic heterocycles. The number of aromatic nitrogens is 1. The summed E-state index contributed by atoms with van der Waals surface area (Å²) in [5.41, 5.74) is 4.04. The Hall–Kier alpha value is -1.91. The highest BCUT2D eigenvalue weighted by Gasteiger charge is 2.23. The van der Waals surface area contributed by atoms with Gasteiger partial charge >= 0.3 is 0 Å². The van der Waals surface area contributed by atoms with Crippen molar-refractivity contribution in [2.45, 2.75) is 32.8 Å². The van der Waals surface area contributed by atoms with Crippen LogP contribution in [0.15, 0.2) is 36.4 Å². The summed E-state index contributed by atoms with van der Waals surface area (Å²) in [7, 11) is 1.75. The first-order valence-electron chi connectivity index (χ1n) is 8.63. The maximum atomic E-state index is 12.8. The first-order chi connectivity index (χ1) is 11.6. The van der Waals surface area contributed by atoms with Crippen LogP contribution in [0.25, 0.3) is 5.69 Å². The van der Waals surface area contributed by atoms with E-state index in [2.05, 4.69) is 28.5 Å². The highest BCUT2D eigenvalue weighted by Crippen LogP contribution is 2.22. The number of hydrogen-bond donors (Lipinski definition) is 0. The molecule has 2 aromatic rings. The number of piperidine rings is 1. The zero-order valence-corrected chi connectivity index (χ0v) is 14.8. The molecule has 0 N–H and O–H groups in total. The number of methoxy groups -OCH3 is 1. The summed E-state index contributed by atoms with van der Waals surface area (Å²) in [6, 6.07) is 12.2. The number of aryl methyl sites for hydroxylation is 1. The Kier molecular flexibility index (Phi) is 5.17. The fourth-order valence-corrected chi connectivity index (χ4v) is 3.66. The number of benzene rings is 1. The van der Waals surface area contributed by atoms with Gasteiger partial charge in [-0.05, 0) is 51.4 Å². The van der Waals surface area contributed by atoms with E-state index >= 15 is 0 Å². The fourth-order valence-electron chi connectivity index (χ4n) is 3.66. The molecule has 2 heterocycles. The Balaban J connectivity index is 1.79. The highest BCUT2D eigenvalue weighted by molar-refractivity contribution is 5.99. The minimum Gasteiger partial charge on any atom is -0.380 e. The van der Waals surface area contributed by atoms with Crippen LogP contribution in [0.4, 0.5) is 0 Å². The van der Waals surface area contributed by atoms with Crippen LogP contribution in [-0.4, -0.2) is 48.1 Å². The van der Waals surface area contributed by atoms with Gasteiger partial charge in [-0.2, -0.15) is 0 Å². The lowest BCUT2D eigenvalue weighted by atomic mass is 10.1. The first-order valence-corrected chi connectivity index (χ1v) is 8.63. The van der Waals surface area contributed by atoms with E-state index in [0.29, 0.717) is 6.54 Å². The molecule has 0 bridgehead atoms. The molecule has 1 aliphatic rings. The zero-order valence-electron chi connectivity index (χ0n) is 14.8. The fraction of sp³-hybridized carbons (Fsp3) is 0.450. The van der Waals surface area contributed by atoms with Gasteiger partial charge in [0.25, 0.3) is 0 Å². The molecular weight excluding hydrogens is 300 g/mol. The number of ketones is 1. The lowest BCUT2D eigenvalue weighted by Gasteiger charge is -2.31. The number of para-hydroxylation sites is 1. The van der Waals surface area contributed by atoms with Crippen molar-refractivity contribution >= 4 is 5.78 Å². The number of likely N-dealkylation sites (tertiary alicyclic amines) is 1. The SMILES string of the molecule is COC1CCCN(CC(=O)c2cc(C)n(-c3ccccc3)c2C)C1. The van der Waals surface area contributed by atoms with Crippen molar-refractivity contribution in [3.8, 4) is 5.69 Å². The van der Waals surface area contributed by atoms with Gasteiger partial charge in [-0.15, -0.1) is 0 Å². The lowest BCUT2D eigenvalue weighted by molar-refractivity contribution is 0.0314. The van der Waals surface area contributed by atoms with E-state index in [9.17, 15) is 4.79 Å². The number of carbonyl (C=O) groups excluding carboxylic acids is 1. The first kappa shape index (κ1) is 16.9. The molecule has 4 heteroatoms. The van der Waals surface area contributed by atoms with E-state index in [1.165, 1.54) is 0 Å². The van der Waals surface area contributed by atoms with Crippen molar-refractivity contribution in [1.82, 2.24) is 9.47 Å². The molecule has 0 amide bonds. The van der Waals surface area contributed by atoms with Crippen molar-refractivity contribution in [3.05, 3.63) is 53.3 Å². The third-order valence-corrected chi connectivity index (χ3v) is 4.91. The highest BCUT2D eigenvalue weighted by atomic mass is 16.5. The van der Waals surface area contributed by atoms with Gasteiger partial charge in [-0.1, -0.05) is 18.2 Å². The molecule has 0 spiro atoms. The van der Waals surface area contributed by atoms with Gasteiger partial charge in [0.2, 0.25) is 0 Å². The quantitative estimate of drug-likeness (QED) is 0.790. The third kappa shape index (κ3) is 3.45. The van der Waals surface area contributed by atoms with Gasteiger partial charge in [0.1, 0.15) is 0 Å². The van der Waals surface area contributed by atoms with Crippen LogP contribution in [0.1, 0.15) is 34.6 Å². The number of Topliss-reactive ketones (excluding diaryl/α,β-unsaturated/α-hetero) is 1. The number of ether oxygens (including phenoxy) is 1. The van der Waals surface area contributed by atoms with Gasteiger partial charge < -0.3 is 9.30 Å². The summed E-state index contributed by atoms with van der Waals surface area (Å²) in [5.74, 6) is 0.196. The predicted molar refractivity (Wildman–Crippen MR) is 96.0 cm³/mol. The van der Waals surface area contributed by atoms with Crippen molar-refractivity contribution in [3.63, 3.8) is 0 Å². The maximum absolute atomic E-state index is 12.8.